The van der Waals surface area contributed by atoms with E-state index in [0.29, 0.717) is 28.2 Å². The van der Waals surface area contributed by atoms with Gasteiger partial charge in [-0.15, -0.1) is 0 Å². The van der Waals surface area contributed by atoms with E-state index in [0.717, 1.165) is 5.56 Å². The third-order valence-electron chi connectivity index (χ3n) is 3.94. The first kappa shape index (κ1) is 13.9. The number of hydrogen-bond acceptors (Lipinski definition) is 2. The Morgan fingerprint density at radius 2 is 1.74 bits per heavy atom. The van der Waals surface area contributed by atoms with Gasteiger partial charge in [-0.2, -0.15) is 4.99 Å². The fourth-order valence-corrected chi connectivity index (χ4v) is 3.19. The molecule has 2 aromatic rings. The predicted molar refractivity (Wildman–Crippen MR) is 89.2 cm³/mol. The van der Waals surface area contributed by atoms with E-state index in [1.807, 2.05) is 31.2 Å². The van der Waals surface area contributed by atoms with E-state index in [2.05, 4.69) is 4.99 Å². The van der Waals surface area contributed by atoms with Crippen molar-refractivity contribution in [1.82, 2.24) is 0 Å². The molecule has 0 fully saturated rings. The van der Waals surface area contributed by atoms with Gasteiger partial charge in [-0.25, -0.2) is 4.79 Å². The van der Waals surface area contributed by atoms with Crippen LogP contribution in [0.3, 0.4) is 0 Å². The van der Waals surface area contributed by atoms with Crippen molar-refractivity contribution in [3.05, 3.63) is 76.0 Å². The number of rotatable bonds is 1. The van der Waals surface area contributed by atoms with Crippen molar-refractivity contribution in [2.45, 2.75) is 6.92 Å². The van der Waals surface area contributed by atoms with Crippen LogP contribution in [0.25, 0.3) is 0 Å². The van der Waals surface area contributed by atoms with Crippen molar-refractivity contribution in [3.63, 3.8) is 0 Å². The van der Waals surface area contributed by atoms with Crippen molar-refractivity contribution in [2.24, 2.45) is 4.99 Å². The maximum atomic E-state index is 12.5. The summed E-state index contributed by atoms with van der Waals surface area (Å²) in [6, 6.07) is 14.0. The van der Waals surface area contributed by atoms with E-state index < -0.39 is 6.03 Å². The van der Waals surface area contributed by atoms with E-state index in [9.17, 15) is 9.59 Å². The molecule has 0 unspecified atom stereocenters. The molecule has 1 aliphatic heterocycles. The maximum absolute atomic E-state index is 12.5. The van der Waals surface area contributed by atoms with Gasteiger partial charge in [0.25, 0.3) is 0 Å². The molecule has 2 aromatic carbocycles. The lowest BCUT2D eigenvalue weighted by atomic mass is 9.91. The quantitative estimate of drug-likeness (QED) is 0.794. The number of benzene rings is 2. The van der Waals surface area contributed by atoms with E-state index in [1.165, 1.54) is 4.90 Å². The Labute approximate surface area is 137 Å². The maximum Gasteiger partial charge on any atom is 0.353 e. The van der Waals surface area contributed by atoms with Crippen LogP contribution in [0.5, 0.6) is 0 Å². The fraction of sp³-hybridized carbons (Fsp3) is 0.0556. The molecule has 0 N–H and O–H groups in total. The number of nitrogens with zero attached hydrogens (tertiary/aromatic N) is 2. The zero-order valence-electron chi connectivity index (χ0n) is 12.2. The number of Topliss-reactive ketones (excluding diaryl/α,β-unsaturated/α-hetero) is 1. The molecule has 0 spiro atoms. The van der Waals surface area contributed by atoms with Crippen molar-refractivity contribution in [3.8, 4) is 0 Å². The molecule has 112 valence electrons. The molecule has 4 nitrogen and oxygen atoms in total. The number of urea groups is 1. The topological polar surface area (TPSA) is 49.7 Å². The lowest BCUT2D eigenvalue weighted by molar-refractivity contribution is 0.104. The Morgan fingerprint density at radius 1 is 1.00 bits per heavy atom. The van der Waals surface area contributed by atoms with Crippen LogP contribution >= 0.6 is 11.6 Å². The third kappa shape index (κ3) is 1.95. The molecule has 2 aliphatic rings. The summed E-state index contributed by atoms with van der Waals surface area (Å²) in [6.45, 7) is 1.93. The van der Waals surface area contributed by atoms with Gasteiger partial charge < -0.3 is 0 Å². The zero-order chi connectivity index (χ0) is 16.1. The summed E-state index contributed by atoms with van der Waals surface area (Å²) in [5.74, 6) is -0.288. The highest BCUT2D eigenvalue weighted by Gasteiger charge is 2.40. The van der Waals surface area contributed by atoms with E-state index in [-0.39, 0.29) is 10.8 Å². The van der Waals surface area contributed by atoms with Gasteiger partial charge in [0.1, 0.15) is 10.7 Å². The lowest BCUT2D eigenvalue weighted by Gasteiger charge is -2.23. The number of anilines is 1. The Balaban J connectivity index is 1.95. The minimum Gasteiger partial charge on any atom is -0.287 e. The predicted octanol–water partition coefficient (Wildman–Crippen LogP) is 4.07. The molecular weight excluding hydrogens is 312 g/mol. The molecule has 23 heavy (non-hydrogen) atoms. The number of aryl methyl sites for hydroxylation is 1. The first-order chi connectivity index (χ1) is 11.1. The molecule has 0 bridgehead atoms. The Bertz CT molecular complexity index is 944. The van der Waals surface area contributed by atoms with Crippen molar-refractivity contribution >= 4 is 34.8 Å². The molecule has 1 aliphatic carbocycles. The first-order valence-corrected chi connectivity index (χ1v) is 7.49. The van der Waals surface area contributed by atoms with Gasteiger partial charge in [-0.05, 0) is 24.6 Å². The van der Waals surface area contributed by atoms with Crippen LogP contribution in [-0.2, 0) is 0 Å². The minimum atomic E-state index is -0.441. The molecule has 0 saturated heterocycles. The zero-order valence-corrected chi connectivity index (χ0v) is 13.0. The van der Waals surface area contributed by atoms with Gasteiger partial charge in [0.05, 0.1) is 11.4 Å². The second kappa shape index (κ2) is 4.89. The smallest absolute Gasteiger partial charge is 0.287 e. The molecule has 0 atom stereocenters. The van der Waals surface area contributed by atoms with E-state index >= 15 is 0 Å². The molecule has 0 radical (unpaired) electrons. The molecule has 4 rings (SSSR count). The summed E-state index contributed by atoms with van der Waals surface area (Å²) in [5.41, 5.74) is 3.58. The second-order valence-electron chi connectivity index (χ2n) is 5.45. The number of carbonyl (C=O) groups excluding carboxylic acids is 2. The van der Waals surface area contributed by atoms with Crippen LogP contribution in [0, 0.1) is 6.92 Å². The standard InChI is InChI=1S/C18H11ClN2O2/c1-10-5-4-6-11(9-10)21-16-14(19)17(22)13-8-3-2-7-12(13)15(16)20-18(21)23/h2-9H,1H3. The lowest BCUT2D eigenvalue weighted by Crippen LogP contribution is -2.29. The van der Waals surface area contributed by atoms with Crippen LogP contribution in [0.1, 0.15) is 21.5 Å². The fourth-order valence-electron chi connectivity index (χ4n) is 2.91. The second-order valence-corrected chi connectivity index (χ2v) is 5.83. The monoisotopic (exact) mass is 322 g/mol. The van der Waals surface area contributed by atoms with Crippen LogP contribution in [0.4, 0.5) is 10.5 Å². The number of halogens is 1. The summed E-state index contributed by atoms with van der Waals surface area (Å²) in [6.07, 6.45) is 0. The summed E-state index contributed by atoms with van der Waals surface area (Å²) in [4.78, 5) is 30.5. The van der Waals surface area contributed by atoms with Crippen molar-refractivity contribution < 1.29 is 9.59 Å². The number of aliphatic imine (C=N–C) groups is 1. The summed E-state index contributed by atoms with van der Waals surface area (Å²) < 4.78 is 0. The number of carbonyl (C=O) groups is 2. The number of ketones is 1. The van der Waals surface area contributed by atoms with E-state index in [4.69, 9.17) is 11.6 Å². The normalized spacial score (nSPS) is 16.4. The summed E-state index contributed by atoms with van der Waals surface area (Å²) in [5, 5.41) is 0.0230. The molecule has 0 aromatic heterocycles. The minimum absolute atomic E-state index is 0.0230. The third-order valence-corrected chi connectivity index (χ3v) is 4.29. The van der Waals surface area contributed by atoms with Crippen LogP contribution in [0.15, 0.2) is 64.3 Å². The Kier molecular flexibility index (Phi) is 2.96. The average Bonchev–Trinajstić information content (AvgIpc) is 2.90. The van der Waals surface area contributed by atoms with Crippen molar-refractivity contribution in [1.29, 1.82) is 0 Å². The molecule has 1 heterocycles. The highest BCUT2D eigenvalue weighted by atomic mass is 35.5. The van der Waals surface area contributed by atoms with Gasteiger partial charge >= 0.3 is 6.03 Å². The number of fused-ring (bicyclic) bond motifs is 3. The van der Waals surface area contributed by atoms with E-state index in [1.54, 1.807) is 24.3 Å². The largest absolute Gasteiger partial charge is 0.353 e. The van der Waals surface area contributed by atoms with Gasteiger partial charge in [-0.3, -0.25) is 9.69 Å². The summed E-state index contributed by atoms with van der Waals surface area (Å²) >= 11 is 6.30. The number of amides is 2. The SMILES string of the molecule is Cc1cccc(N2C(=O)N=C3C2=C(Cl)C(=O)c2ccccc23)c1. The Morgan fingerprint density at radius 3 is 2.48 bits per heavy atom. The molecule has 0 saturated carbocycles. The highest BCUT2D eigenvalue weighted by Crippen LogP contribution is 2.37. The molecule has 5 heteroatoms. The van der Waals surface area contributed by atoms with Crippen LogP contribution in [0.2, 0.25) is 0 Å². The van der Waals surface area contributed by atoms with Gasteiger partial charge in [-0.1, -0.05) is 48.0 Å². The van der Waals surface area contributed by atoms with Crippen LogP contribution in [-0.4, -0.2) is 17.5 Å². The molecule has 2 amide bonds. The van der Waals surface area contributed by atoms with Gasteiger partial charge in [0, 0.05) is 11.1 Å². The Hall–Kier alpha value is -2.72. The summed E-state index contributed by atoms with van der Waals surface area (Å²) in [7, 11) is 0. The van der Waals surface area contributed by atoms with Gasteiger partial charge in [0.15, 0.2) is 0 Å². The average molecular weight is 323 g/mol. The molecular formula is C18H11ClN2O2. The van der Waals surface area contributed by atoms with Crippen LogP contribution < -0.4 is 4.90 Å². The van der Waals surface area contributed by atoms with Gasteiger partial charge in [0.2, 0.25) is 5.78 Å². The number of hydrogen-bond donors (Lipinski definition) is 0. The van der Waals surface area contributed by atoms with Crippen molar-refractivity contribution in [2.75, 3.05) is 4.90 Å². The highest BCUT2D eigenvalue weighted by molar-refractivity contribution is 6.52. The number of allylic oxidation sites excluding steroid dienone is 2. The first-order valence-electron chi connectivity index (χ1n) is 7.11.